The van der Waals surface area contributed by atoms with Gasteiger partial charge in [0.15, 0.2) is 11.3 Å². The van der Waals surface area contributed by atoms with Crippen molar-refractivity contribution in [3.8, 4) is 11.5 Å². The van der Waals surface area contributed by atoms with Gasteiger partial charge in [0.1, 0.15) is 22.9 Å². The van der Waals surface area contributed by atoms with Crippen LogP contribution >= 0.6 is 12.4 Å². The van der Waals surface area contributed by atoms with Gasteiger partial charge in [0, 0.05) is 48.1 Å². The van der Waals surface area contributed by atoms with Crippen LogP contribution in [0.15, 0.2) is 51.9 Å². The second-order valence-corrected chi connectivity index (χ2v) is 11.4. The fourth-order valence-electron chi connectivity index (χ4n) is 4.56. The van der Waals surface area contributed by atoms with Crippen LogP contribution in [0.1, 0.15) is 53.5 Å². The Balaban J connectivity index is 0.00000484. The number of nitrogens with one attached hydrogen (secondary N) is 2. The SMILES string of the molecule is CCNc1cc2oc3cc(=NCCCOC(=O)C(NC(=O)OC(C)(C)C)C(C)C)c4ccccc4c-3nc2cc1C.Cl. The predicted octanol–water partition coefficient (Wildman–Crippen LogP) is 6.63. The molecule has 1 amide bonds. The molecule has 2 aliphatic rings. The molecule has 1 atom stereocenters. The van der Waals surface area contributed by atoms with Crippen molar-refractivity contribution < 1.29 is 23.5 Å². The molecule has 4 rings (SSSR count). The molecule has 1 unspecified atom stereocenters. The third-order valence-electron chi connectivity index (χ3n) is 6.51. The Morgan fingerprint density at radius 1 is 1.10 bits per heavy atom. The predicted molar refractivity (Wildman–Crippen MR) is 168 cm³/mol. The molecule has 0 aromatic heterocycles. The van der Waals surface area contributed by atoms with Crippen molar-refractivity contribution in [2.75, 3.05) is 25.0 Å². The Labute approximate surface area is 252 Å². The largest absolute Gasteiger partial charge is 0.464 e. The van der Waals surface area contributed by atoms with E-state index in [1.54, 1.807) is 20.8 Å². The average molecular weight is 597 g/mol. The van der Waals surface area contributed by atoms with E-state index in [4.69, 9.17) is 23.9 Å². The van der Waals surface area contributed by atoms with E-state index in [0.717, 1.165) is 45.1 Å². The Morgan fingerprint density at radius 3 is 2.48 bits per heavy atom. The van der Waals surface area contributed by atoms with Crippen molar-refractivity contribution >= 4 is 52.0 Å². The van der Waals surface area contributed by atoms with E-state index in [0.29, 0.717) is 24.3 Å². The minimum Gasteiger partial charge on any atom is -0.464 e. The molecule has 1 aliphatic heterocycles. The molecule has 10 heteroatoms. The smallest absolute Gasteiger partial charge is 0.408 e. The van der Waals surface area contributed by atoms with Crippen LogP contribution < -0.4 is 16.0 Å². The number of halogens is 1. The van der Waals surface area contributed by atoms with E-state index >= 15 is 0 Å². The number of amides is 1. The van der Waals surface area contributed by atoms with Crippen molar-refractivity contribution in [1.29, 1.82) is 0 Å². The highest BCUT2D eigenvalue weighted by Crippen LogP contribution is 2.32. The molecule has 0 radical (unpaired) electrons. The van der Waals surface area contributed by atoms with Crippen LogP contribution in [0, 0.1) is 12.8 Å². The number of ether oxygens (including phenoxy) is 2. The van der Waals surface area contributed by atoms with Crippen molar-refractivity contribution in [3.05, 3.63) is 53.4 Å². The van der Waals surface area contributed by atoms with Gasteiger partial charge in [-0.3, -0.25) is 4.99 Å². The van der Waals surface area contributed by atoms with E-state index in [2.05, 4.69) is 24.5 Å². The van der Waals surface area contributed by atoms with Gasteiger partial charge in [-0.1, -0.05) is 38.1 Å². The summed E-state index contributed by atoms with van der Waals surface area (Å²) in [5, 5.41) is 8.71. The lowest BCUT2D eigenvalue weighted by Crippen LogP contribution is -2.47. The third kappa shape index (κ3) is 7.91. The lowest BCUT2D eigenvalue weighted by molar-refractivity contribution is -0.147. The van der Waals surface area contributed by atoms with Crippen molar-refractivity contribution in [2.24, 2.45) is 10.9 Å². The second-order valence-electron chi connectivity index (χ2n) is 11.4. The zero-order valence-corrected chi connectivity index (χ0v) is 26.2. The van der Waals surface area contributed by atoms with Crippen LogP contribution in [0.3, 0.4) is 0 Å². The van der Waals surface area contributed by atoms with E-state index in [1.807, 2.05) is 56.3 Å². The van der Waals surface area contributed by atoms with Crippen molar-refractivity contribution in [3.63, 3.8) is 0 Å². The summed E-state index contributed by atoms with van der Waals surface area (Å²) < 4.78 is 17.1. The monoisotopic (exact) mass is 596 g/mol. The number of fused-ring (bicyclic) bond motifs is 4. The Morgan fingerprint density at radius 2 is 1.81 bits per heavy atom. The molecule has 0 fully saturated rings. The molecule has 42 heavy (non-hydrogen) atoms. The maximum Gasteiger partial charge on any atom is 0.408 e. The van der Waals surface area contributed by atoms with E-state index in [1.165, 1.54) is 0 Å². The molecule has 0 saturated carbocycles. The average Bonchev–Trinajstić information content (AvgIpc) is 2.90. The molecule has 0 spiro atoms. The van der Waals surface area contributed by atoms with Crippen LogP contribution in [-0.2, 0) is 14.3 Å². The van der Waals surface area contributed by atoms with Gasteiger partial charge in [-0.2, -0.15) is 0 Å². The molecule has 1 aliphatic carbocycles. The fourth-order valence-corrected chi connectivity index (χ4v) is 4.56. The van der Waals surface area contributed by atoms with Crippen LogP contribution in [0.25, 0.3) is 33.3 Å². The minimum absolute atomic E-state index is 0. The first-order valence-corrected chi connectivity index (χ1v) is 14.1. The molecule has 226 valence electrons. The number of hydrogen-bond acceptors (Lipinski definition) is 8. The number of anilines is 1. The van der Waals surface area contributed by atoms with Crippen LogP contribution in [-0.4, -0.2) is 48.4 Å². The number of aryl methyl sites for hydroxylation is 1. The van der Waals surface area contributed by atoms with Crippen molar-refractivity contribution in [1.82, 2.24) is 10.3 Å². The molecule has 1 heterocycles. The van der Waals surface area contributed by atoms with Crippen molar-refractivity contribution in [2.45, 2.75) is 66.5 Å². The summed E-state index contributed by atoms with van der Waals surface area (Å²) in [7, 11) is 0. The van der Waals surface area contributed by atoms with E-state index < -0.39 is 23.7 Å². The summed E-state index contributed by atoms with van der Waals surface area (Å²) in [4.78, 5) is 34.6. The maximum absolute atomic E-state index is 12.7. The summed E-state index contributed by atoms with van der Waals surface area (Å²) in [6.45, 7) is 14.5. The highest BCUT2D eigenvalue weighted by atomic mass is 35.5. The number of esters is 1. The van der Waals surface area contributed by atoms with Crippen LogP contribution in [0.2, 0.25) is 0 Å². The Bertz CT molecular complexity index is 1590. The van der Waals surface area contributed by atoms with Crippen LogP contribution in [0.4, 0.5) is 10.5 Å². The van der Waals surface area contributed by atoms with Gasteiger partial charge in [0.2, 0.25) is 0 Å². The number of aromatic nitrogens is 1. The number of nitrogens with zero attached hydrogens (tertiary/aromatic N) is 2. The molecule has 9 nitrogen and oxygen atoms in total. The number of benzene rings is 3. The van der Waals surface area contributed by atoms with Gasteiger partial charge in [0.05, 0.1) is 12.0 Å². The number of carbonyl (C=O) groups is 2. The van der Waals surface area contributed by atoms with Crippen LogP contribution in [0.5, 0.6) is 0 Å². The standard InChI is InChI=1S/C32H40N4O5.ClH/c1-8-33-23-17-26-25(16-20(23)4)35-29-22-13-10-9-12-21(22)24(18-27(29)40-26)34-14-11-15-39-30(37)28(19(2)3)36-31(38)41-32(5,6)7;/h9-10,12-13,16-19,28,33H,8,11,14-15H2,1-7H3,(H,36,38);1H. The second kappa shape index (κ2) is 13.9. The Hall–Kier alpha value is -3.85. The zero-order valence-electron chi connectivity index (χ0n) is 25.4. The summed E-state index contributed by atoms with van der Waals surface area (Å²) in [6.07, 6.45) is -0.125. The maximum atomic E-state index is 12.7. The molecular weight excluding hydrogens is 556 g/mol. The normalized spacial score (nSPS) is 12.8. The first kappa shape index (κ1) is 32.7. The summed E-state index contributed by atoms with van der Waals surface area (Å²) in [5.74, 6) is 0.00136. The molecule has 2 aromatic rings. The Kier molecular flexibility index (Phi) is 10.8. The van der Waals surface area contributed by atoms with E-state index in [9.17, 15) is 9.59 Å². The zero-order chi connectivity index (χ0) is 29.7. The first-order valence-electron chi connectivity index (χ1n) is 14.1. The molecule has 0 saturated heterocycles. The number of rotatable bonds is 9. The quantitative estimate of drug-likeness (QED) is 0.0964. The lowest BCUT2D eigenvalue weighted by Gasteiger charge is -2.24. The van der Waals surface area contributed by atoms with Gasteiger partial charge < -0.3 is 24.5 Å². The molecule has 2 aromatic carbocycles. The summed E-state index contributed by atoms with van der Waals surface area (Å²) >= 11 is 0. The lowest BCUT2D eigenvalue weighted by atomic mass is 10.0. The van der Waals surface area contributed by atoms with Gasteiger partial charge in [-0.25, -0.2) is 14.6 Å². The number of alkyl carbamates (subject to hydrolysis) is 1. The van der Waals surface area contributed by atoms with Gasteiger partial charge >= 0.3 is 12.1 Å². The number of hydrogen-bond donors (Lipinski definition) is 2. The minimum atomic E-state index is -0.799. The first-order chi connectivity index (χ1) is 19.5. The van der Waals surface area contributed by atoms with Gasteiger partial charge in [-0.05, 0) is 52.2 Å². The summed E-state index contributed by atoms with van der Waals surface area (Å²) in [6, 6.07) is 13.1. The molecule has 2 N–H and O–H groups in total. The van der Waals surface area contributed by atoms with Gasteiger partial charge in [0.25, 0.3) is 0 Å². The van der Waals surface area contributed by atoms with E-state index in [-0.39, 0.29) is 24.9 Å². The highest BCUT2D eigenvalue weighted by Gasteiger charge is 2.28. The molecule has 0 bridgehead atoms. The topological polar surface area (TPSA) is 115 Å². The molecular formula is C32H41ClN4O5. The summed E-state index contributed by atoms with van der Waals surface area (Å²) in [5.41, 5.74) is 3.76. The fraction of sp³-hybridized carbons (Fsp3) is 0.438. The third-order valence-corrected chi connectivity index (χ3v) is 6.51. The highest BCUT2D eigenvalue weighted by molar-refractivity contribution is 5.96. The van der Waals surface area contributed by atoms with Gasteiger partial charge in [-0.15, -0.1) is 12.4 Å². The number of carbonyl (C=O) groups excluding carboxylic acids is 2.